The molecule has 5 nitrogen and oxygen atoms in total. The van der Waals surface area contributed by atoms with Crippen LogP contribution >= 0.6 is 0 Å². The maximum atomic E-state index is 12.0. The molecule has 21 heavy (non-hydrogen) atoms. The number of rotatable bonds is 4. The van der Waals surface area contributed by atoms with Crippen LogP contribution in [0.15, 0.2) is 18.2 Å². The average Bonchev–Trinajstić information content (AvgIpc) is 2.36. The molecule has 0 aromatic heterocycles. The second-order valence-corrected chi connectivity index (χ2v) is 5.60. The second-order valence-electron chi connectivity index (χ2n) is 4.10. The molecule has 4 N–H and O–H groups in total. The molecule has 1 aromatic carbocycles. The van der Waals surface area contributed by atoms with Crippen LogP contribution in [0.5, 0.6) is 0 Å². The van der Waals surface area contributed by atoms with Crippen LogP contribution in [0, 0.1) is 18.8 Å². The van der Waals surface area contributed by atoms with Crippen molar-refractivity contribution in [3.05, 3.63) is 29.3 Å². The molecule has 0 saturated heterocycles. The lowest BCUT2D eigenvalue weighted by Gasteiger charge is -2.12. The molecule has 116 valence electrons. The van der Waals surface area contributed by atoms with Crippen LogP contribution in [0.1, 0.15) is 11.1 Å². The fourth-order valence-corrected chi connectivity index (χ4v) is 2.25. The van der Waals surface area contributed by atoms with Crippen molar-refractivity contribution in [3.8, 4) is 11.8 Å². The SMILES string of the molecule is Cc1ccc(NS(=O)(=O)NCC(F)(F)F)c(C#CCN)c1. The van der Waals surface area contributed by atoms with Gasteiger partial charge in [0.1, 0.15) is 6.54 Å². The third-order valence-corrected chi connectivity index (χ3v) is 3.22. The van der Waals surface area contributed by atoms with Crippen LogP contribution in [0.4, 0.5) is 18.9 Å². The Kier molecular flexibility index (Phi) is 5.60. The molecule has 0 saturated carbocycles. The van der Waals surface area contributed by atoms with E-state index in [4.69, 9.17) is 5.73 Å². The summed E-state index contributed by atoms with van der Waals surface area (Å²) in [5.41, 5.74) is 6.47. The standard InChI is InChI=1S/C12H14F3N3O2S/c1-9-4-5-11(10(7-9)3-2-6-16)18-21(19,20)17-8-12(13,14)15/h4-5,7,17-18H,6,8,16H2,1H3. The quantitative estimate of drug-likeness (QED) is 0.727. The van der Waals surface area contributed by atoms with Crippen LogP contribution in [-0.2, 0) is 10.2 Å². The predicted molar refractivity (Wildman–Crippen MR) is 73.7 cm³/mol. The zero-order valence-corrected chi connectivity index (χ0v) is 11.9. The van der Waals surface area contributed by atoms with Crippen molar-refractivity contribution < 1.29 is 21.6 Å². The topological polar surface area (TPSA) is 84.2 Å². The highest BCUT2D eigenvalue weighted by Crippen LogP contribution is 2.18. The fraction of sp³-hybridized carbons (Fsp3) is 0.333. The Labute approximate surface area is 120 Å². The van der Waals surface area contributed by atoms with Gasteiger partial charge < -0.3 is 5.73 Å². The van der Waals surface area contributed by atoms with Gasteiger partial charge in [0, 0.05) is 5.56 Å². The Balaban J connectivity index is 2.96. The van der Waals surface area contributed by atoms with Crippen molar-refractivity contribution in [2.24, 2.45) is 5.73 Å². The molecule has 0 radical (unpaired) electrons. The van der Waals surface area contributed by atoms with Gasteiger partial charge in [-0.2, -0.15) is 26.3 Å². The zero-order valence-electron chi connectivity index (χ0n) is 11.1. The van der Waals surface area contributed by atoms with E-state index in [-0.39, 0.29) is 12.2 Å². The molecular weight excluding hydrogens is 307 g/mol. The molecule has 1 rings (SSSR count). The number of nitrogens with two attached hydrogens (primary N) is 1. The van der Waals surface area contributed by atoms with E-state index in [9.17, 15) is 21.6 Å². The summed E-state index contributed by atoms with van der Waals surface area (Å²) >= 11 is 0. The molecule has 1 aromatic rings. The summed E-state index contributed by atoms with van der Waals surface area (Å²) in [6.45, 7) is 0.193. The summed E-state index contributed by atoms with van der Waals surface area (Å²) in [4.78, 5) is 0. The van der Waals surface area contributed by atoms with E-state index < -0.39 is 22.9 Å². The fourth-order valence-electron chi connectivity index (χ4n) is 1.35. The van der Waals surface area contributed by atoms with Crippen molar-refractivity contribution in [1.82, 2.24) is 4.72 Å². The van der Waals surface area contributed by atoms with E-state index in [0.717, 1.165) is 5.56 Å². The van der Waals surface area contributed by atoms with Gasteiger partial charge in [-0.1, -0.05) is 17.9 Å². The molecule has 0 aliphatic rings. The summed E-state index contributed by atoms with van der Waals surface area (Å²) in [7, 11) is -4.35. The number of benzene rings is 1. The molecule has 0 atom stereocenters. The minimum absolute atomic E-state index is 0.0758. The maximum Gasteiger partial charge on any atom is 0.402 e. The zero-order chi connectivity index (χ0) is 16.1. The number of nitrogens with one attached hydrogen (secondary N) is 2. The van der Waals surface area contributed by atoms with Crippen LogP contribution in [0.2, 0.25) is 0 Å². The normalized spacial score (nSPS) is 11.7. The number of anilines is 1. The van der Waals surface area contributed by atoms with Crippen molar-refractivity contribution in [2.75, 3.05) is 17.8 Å². The lowest BCUT2D eigenvalue weighted by atomic mass is 10.1. The van der Waals surface area contributed by atoms with E-state index in [1.54, 1.807) is 19.1 Å². The minimum Gasteiger partial charge on any atom is -0.320 e. The monoisotopic (exact) mass is 321 g/mol. The highest BCUT2D eigenvalue weighted by atomic mass is 32.2. The molecule has 0 unspecified atom stereocenters. The highest BCUT2D eigenvalue weighted by molar-refractivity contribution is 7.90. The molecule has 0 bridgehead atoms. The minimum atomic E-state index is -4.63. The summed E-state index contributed by atoms with van der Waals surface area (Å²) in [6.07, 6.45) is -4.63. The third kappa shape index (κ3) is 6.48. The Morgan fingerprint density at radius 3 is 2.57 bits per heavy atom. The molecule has 0 amide bonds. The Hall–Kier alpha value is -1.76. The molecule has 9 heteroatoms. The maximum absolute atomic E-state index is 12.0. The van der Waals surface area contributed by atoms with Crippen molar-refractivity contribution in [3.63, 3.8) is 0 Å². The van der Waals surface area contributed by atoms with Gasteiger partial charge in [0.2, 0.25) is 0 Å². The Morgan fingerprint density at radius 2 is 2.00 bits per heavy atom. The first-order valence-electron chi connectivity index (χ1n) is 5.77. The number of halogens is 3. The lowest BCUT2D eigenvalue weighted by Crippen LogP contribution is -2.37. The highest BCUT2D eigenvalue weighted by Gasteiger charge is 2.29. The first-order valence-corrected chi connectivity index (χ1v) is 7.25. The summed E-state index contributed by atoms with van der Waals surface area (Å²) < 4.78 is 62.6. The van der Waals surface area contributed by atoms with E-state index >= 15 is 0 Å². The number of hydrogen-bond donors (Lipinski definition) is 3. The van der Waals surface area contributed by atoms with Crippen LogP contribution in [0.25, 0.3) is 0 Å². The third-order valence-electron chi connectivity index (χ3n) is 2.21. The van der Waals surface area contributed by atoms with Gasteiger partial charge in [-0.15, -0.1) is 0 Å². The van der Waals surface area contributed by atoms with E-state index in [2.05, 4.69) is 11.8 Å². The van der Waals surface area contributed by atoms with Gasteiger partial charge in [-0.05, 0) is 24.6 Å². The van der Waals surface area contributed by atoms with Crippen molar-refractivity contribution in [2.45, 2.75) is 13.1 Å². The Morgan fingerprint density at radius 1 is 1.33 bits per heavy atom. The van der Waals surface area contributed by atoms with Gasteiger partial charge in [-0.25, -0.2) is 0 Å². The smallest absolute Gasteiger partial charge is 0.320 e. The molecule has 0 heterocycles. The Bertz CT molecular complexity index is 661. The van der Waals surface area contributed by atoms with Crippen LogP contribution in [-0.4, -0.2) is 27.7 Å². The van der Waals surface area contributed by atoms with Gasteiger partial charge in [0.15, 0.2) is 0 Å². The summed E-state index contributed by atoms with van der Waals surface area (Å²) in [5.74, 6) is 5.21. The van der Waals surface area contributed by atoms with Crippen molar-refractivity contribution in [1.29, 1.82) is 0 Å². The van der Waals surface area contributed by atoms with Gasteiger partial charge in [0.05, 0.1) is 12.2 Å². The predicted octanol–water partition coefficient (Wildman–Crippen LogP) is 1.11. The molecular formula is C12H14F3N3O2S. The number of aryl methyl sites for hydroxylation is 1. The van der Waals surface area contributed by atoms with E-state index in [1.165, 1.54) is 10.8 Å². The van der Waals surface area contributed by atoms with E-state index in [1.807, 2.05) is 4.72 Å². The second kappa shape index (κ2) is 6.80. The van der Waals surface area contributed by atoms with Gasteiger partial charge >= 0.3 is 6.18 Å². The van der Waals surface area contributed by atoms with Crippen LogP contribution < -0.4 is 15.2 Å². The number of alkyl halides is 3. The van der Waals surface area contributed by atoms with Crippen LogP contribution in [0.3, 0.4) is 0 Å². The molecule has 0 fully saturated rings. The summed E-state index contributed by atoms with van der Waals surface area (Å²) in [5, 5.41) is 0. The summed E-state index contributed by atoms with van der Waals surface area (Å²) in [6, 6.07) is 4.63. The van der Waals surface area contributed by atoms with Gasteiger partial charge in [-0.3, -0.25) is 4.72 Å². The van der Waals surface area contributed by atoms with E-state index in [0.29, 0.717) is 5.56 Å². The average molecular weight is 321 g/mol. The molecule has 0 aliphatic carbocycles. The largest absolute Gasteiger partial charge is 0.402 e. The molecule has 0 spiro atoms. The molecule has 0 aliphatic heterocycles. The van der Waals surface area contributed by atoms with Gasteiger partial charge in [0.25, 0.3) is 10.2 Å². The lowest BCUT2D eigenvalue weighted by molar-refractivity contribution is -0.121. The first-order chi connectivity index (χ1) is 9.63. The first kappa shape index (κ1) is 17.3. The van der Waals surface area contributed by atoms with Crippen molar-refractivity contribution >= 4 is 15.9 Å². The number of hydrogen-bond acceptors (Lipinski definition) is 3.